The van der Waals surface area contributed by atoms with Crippen LogP contribution in [0.1, 0.15) is 34.7 Å². The Bertz CT molecular complexity index is 1140. The molecule has 0 aliphatic rings. The minimum atomic E-state index is -0.460. The Labute approximate surface area is 206 Å². The summed E-state index contributed by atoms with van der Waals surface area (Å²) in [4.78, 5) is 24.9. The fourth-order valence-electron chi connectivity index (χ4n) is 3.02. The number of halogens is 2. The molecule has 7 nitrogen and oxygen atoms in total. The highest BCUT2D eigenvalue weighted by Gasteiger charge is 2.21. The first-order valence-electron chi connectivity index (χ1n) is 10.1. The molecule has 2 N–H and O–H groups in total. The van der Waals surface area contributed by atoms with Gasteiger partial charge >= 0.3 is 0 Å². The standard InChI is InChI=1S/C23H23Cl2N5O2S/c1-3-11-30-21(15(2)27-22(32)18-10-9-17(24)12-19(18)25)28-29-23(30)33-14-20(31)26-13-16-7-5-4-6-8-16/h3-10,12,15H,1,11,13-14H2,2H3,(H,26,31)(H,27,32)/t15-/m1/s1. The van der Waals surface area contributed by atoms with E-state index in [4.69, 9.17) is 23.2 Å². The van der Waals surface area contributed by atoms with Crippen LogP contribution in [0.5, 0.6) is 0 Å². The number of carbonyl (C=O) groups excluding carboxylic acids is 2. The Balaban J connectivity index is 1.63. The van der Waals surface area contributed by atoms with Gasteiger partial charge in [0.1, 0.15) is 0 Å². The zero-order chi connectivity index (χ0) is 23.8. The molecule has 0 fully saturated rings. The van der Waals surface area contributed by atoms with Gasteiger partial charge in [0, 0.05) is 18.1 Å². The molecule has 0 aliphatic heterocycles. The van der Waals surface area contributed by atoms with Gasteiger partial charge < -0.3 is 15.2 Å². The highest BCUT2D eigenvalue weighted by Crippen LogP contribution is 2.23. The molecule has 0 aliphatic carbocycles. The van der Waals surface area contributed by atoms with Crippen LogP contribution in [0.2, 0.25) is 10.0 Å². The quantitative estimate of drug-likeness (QED) is 0.310. The predicted octanol–water partition coefficient (Wildman–Crippen LogP) is 4.67. The summed E-state index contributed by atoms with van der Waals surface area (Å²) in [5, 5.41) is 15.5. The zero-order valence-corrected chi connectivity index (χ0v) is 20.3. The van der Waals surface area contributed by atoms with Crippen LogP contribution in [0, 0.1) is 0 Å². The Hall–Kier alpha value is -2.81. The second-order valence-electron chi connectivity index (χ2n) is 7.11. The highest BCUT2D eigenvalue weighted by molar-refractivity contribution is 7.99. The van der Waals surface area contributed by atoms with Gasteiger partial charge in [0.2, 0.25) is 5.91 Å². The van der Waals surface area contributed by atoms with E-state index < -0.39 is 6.04 Å². The largest absolute Gasteiger partial charge is 0.351 e. The van der Waals surface area contributed by atoms with E-state index in [9.17, 15) is 9.59 Å². The molecular formula is C23H23Cl2N5O2S. The normalized spacial score (nSPS) is 11.6. The topological polar surface area (TPSA) is 88.9 Å². The van der Waals surface area contributed by atoms with Crippen LogP contribution in [0.4, 0.5) is 0 Å². The third kappa shape index (κ3) is 6.83. The van der Waals surface area contributed by atoms with Gasteiger partial charge in [-0.05, 0) is 30.7 Å². The molecule has 1 aromatic heterocycles. The van der Waals surface area contributed by atoms with Crippen molar-refractivity contribution in [3.63, 3.8) is 0 Å². The van der Waals surface area contributed by atoms with E-state index in [0.29, 0.717) is 34.7 Å². The number of amides is 2. The number of benzene rings is 2. The summed E-state index contributed by atoms with van der Waals surface area (Å²) >= 11 is 13.3. The van der Waals surface area contributed by atoms with Gasteiger partial charge in [-0.3, -0.25) is 9.59 Å². The van der Waals surface area contributed by atoms with Gasteiger partial charge in [0.15, 0.2) is 11.0 Å². The summed E-state index contributed by atoms with van der Waals surface area (Å²) < 4.78 is 1.82. The Morgan fingerprint density at radius 3 is 2.64 bits per heavy atom. The van der Waals surface area contributed by atoms with Crippen molar-refractivity contribution >= 4 is 46.8 Å². The molecule has 0 bridgehead atoms. The number of aromatic nitrogens is 3. The molecule has 0 spiro atoms. The van der Waals surface area contributed by atoms with Crippen molar-refractivity contribution in [3.8, 4) is 0 Å². The number of thioether (sulfide) groups is 1. The van der Waals surface area contributed by atoms with E-state index in [-0.39, 0.29) is 22.6 Å². The number of rotatable bonds is 10. The van der Waals surface area contributed by atoms with Gasteiger partial charge in [-0.2, -0.15) is 0 Å². The van der Waals surface area contributed by atoms with Gasteiger partial charge in [-0.25, -0.2) is 0 Å². The summed E-state index contributed by atoms with van der Waals surface area (Å²) in [5.74, 6) is 0.257. The molecule has 33 heavy (non-hydrogen) atoms. The van der Waals surface area contributed by atoms with Gasteiger partial charge in [0.25, 0.3) is 5.91 Å². The molecule has 3 rings (SSSR count). The van der Waals surface area contributed by atoms with E-state index in [1.165, 1.54) is 17.8 Å². The molecule has 0 unspecified atom stereocenters. The van der Waals surface area contributed by atoms with Crippen molar-refractivity contribution in [1.29, 1.82) is 0 Å². The molecule has 10 heteroatoms. The summed E-state index contributed by atoms with van der Waals surface area (Å²) in [6.07, 6.45) is 1.71. The molecule has 3 aromatic rings. The maximum absolute atomic E-state index is 12.7. The van der Waals surface area contributed by atoms with Gasteiger partial charge in [-0.15, -0.1) is 16.8 Å². The Morgan fingerprint density at radius 2 is 1.94 bits per heavy atom. The molecule has 1 atom stereocenters. The van der Waals surface area contributed by atoms with Crippen molar-refractivity contribution in [2.24, 2.45) is 0 Å². The smallest absolute Gasteiger partial charge is 0.253 e. The number of hydrogen-bond acceptors (Lipinski definition) is 5. The van der Waals surface area contributed by atoms with Crippen molar-refractivity contribution in [1.82, 2.24) is 25.4 Å². The maximum atomic E-state index is 12.7. The lowest BCUT2D eigenvalue weighted by Gasteiger charge is -2.16. The Morgan fingerprint density at radius 1 is 1.18 bits per heavy atom. The lowest BCUT2D eigenvalue weighted by atomic mass is 10.2. The first-order valence-corrected chi connectivity index (χ1v) is 11.9. The minimum Gasteiger partial charge on any atom is -0.351 e. The first-order chi connectivity index (χ1) is 15.9. The predicted molar refractivity (Wildman–Crippen MR) is 132 cm³/mol. The zero-order valence-electron chi connectivity index (χ0n) is 17.9. The molecule has 172 valence electrons. The highest BCUT2D eigenvalue weighted by atomic mass is 35.5. The fourth-order valence-corrected chi connectivity index (χ4v) is 4.30. The molecular weight excluding hydrogens is 481 g/mol. The third-order valence-corrected chi connectivity index (χ3v) is 6.15. The van der Waals surface area contributed by atoms with Crippen LogP contribution in [-0.2, 0) is 17.9 Å². The van der Waals surface area contributed by atoms with E-state index in [2.05, 4.69) is 27.4 Å². The molecule has 2 aromatic carbocycles. The SMILES string of the molecule is C=CCn1c(SCC(=O)NCc2ccccc2)nnc1[C@@H](C)NC(=O)c1ccc(Cl)cc1Cl. The van der Waals surface area contributed by atoms with E-state index in [1.807, 2.05) is 34.9 Å². The lowest BCUT2D eigenvalue weighted by molar-refractivity contribution is -0.118. The summed E-state index contributed by atoms with van der Waals surface area (Å²) in [5.41, 5.74) is 1.34. The number of nitrogens with one attached hydrogen (secondary N) is 2. The van der Waals surface area contributed by atoms with Crippen molar-refractivity contribution in [3.05, 3.63) is 88.2 Å². The van der Waals surface area contributed by atoms with Crippen LogP contribution < -0.4 is 10.6 Å². The van der Waals surface area contributed by atoms with Gasteiger partial charge in [-0.1, -0.05) is 71.4 Å². The number of carbonyl (C=O) groups is 2. The van der Waals surface area contributed by atoms with E-state index in [0.717, 1.165) is 5.56 Å². The average molecular weight is 504 g/mol. The minimum absolute atomic E-state index is 0.114. The number of allylic oxidation sites excluding steroid dienone is 1. The molecule has 0 saturated carbocycles. The summed E-state index contributed by atoms with van der Waals surface area (Å²) in [6.45, 7) is 6.47. The second-order valence-corrected chi connectivity index (χ2v) is 8.90. The lowest BCUT2D eigenvalue weighted by Crippen LogP contribution is -2.29. The van der Waals surface area contributed by atoms with Crippen LogP contribution >= 0.6 is 35.0 Å². The molecule has 0 saturated heterocycles. The first kappa shape index (κ1) is 24.8. The number of nitrogens with zero attached hydrogens (tertiary/aromatic N) is 3. The summed E-state index contributed by atoms with van der Waals surface area (Å²) in [7, 11) is 0. The maximum Gasteiger partial charge on any atom is 0.253 e. The summed E-state index contributed by atoms with van der Waals surface area (Å²) in [6, 6.07) is 13.9. The van der Waals surface area contributed by atoms with E-state index in [1.54, 1.807) is 25.1 Å². The van der Waals surface area contributed by atoms with Crippen molar-refractivity contribution < 1.29 is 9.59 Å². The number of hydrogen-bond donors (Lipinski definition) is 2. The van der Waals surface area contributed by atoms with Gasteiger partial charge in [0.05, 0.1) is 22.4 Å². The van der Waals surface area contributed by atoms with Crippen LogP contribution in [-0.4, -0.2) is 32.3 Å². The molecule has 1 heterocycles. The Kier molecular flexibility index (Phi) is 8.94. The van der Waals surface area contributed by atoms with Crippen LogP contribution in [0.15, 0.2) is 66.3 Å². The fraction of sp³-hybridized carbons (Fsp3) is 0.217. The van der Waals surface area contributed by atoms with E-state index >= 15 is 0 Å². The average Bonchev–Trinajstić information content (AvgIpc) is 3.19. The third-order valence-electron chi connectivity index (χ3n) is 4.63. The second kappa shape index (κ2) is 11.9. The van der Waals surface area contributed by atoms with Crippen LogP contribution in [0.25, 0.3) is 0 Å². The molecule has 2 amide bonds. The van der Waals surface area contributed by atoms with Crippen molar-refractivity contribution in [2.75, 3.05) is 5.75 Å². The molecule has 0 radical (unpaired) electrons. The monoisotopic (exact) mass is 503 g/mol. The van der Waals surface area contributed by atoms with Crippen molar-refractivity contribution in [2.45, 2.75) is 31.2 Å². The van der Waals surface area contributed by atoms with Crippen LogP contribution in [0.3, 0.4) is 0 Å².